The fourth-order valence-corrected chi connectivity index (χ4v) is 2.22. The van der Waals surface area contributed by atoms with E-state index in [9.17, 15) is 0 Å². The summed E-state index contributed by atoms with van der Waals surface area (Å²) in [5.74, 6) is 0.618. The normalized spacial score (nSPS) is 12.4. The molecule has 0 fully saturated rings. The van der Waals surface area contributed by atoms with Crippen molar-refractivity contribution >= 4 is 11.3 Å². The minimum atomic E-state index is 0.618. The summed E-state index contributed by atoms with van der Waals surface area (Å²) >= 11 is 1.63. The smallest absolute Gasteiger partial charge is 0.110 e. The molecular formula is C11H15NS. The van der Waals surface area contributed by atoms with Crippen molar-refractivity contribution in [2.45, 2.75) is 39.0 Å². The van der Waals surface area contributed by atoms with Crippen LogP contribution < -0.4 is 0 Å². The Balaban J connectivity index is 2.56. The van der Waals surface area contributed by atoms with Crippen LogP contribution in [0.1, 0.15) is 48.8 Å². The van der Waals surface area contributed by atoms with Crippen LogP contribution in [-0.4, -0.2) is 0 Å². The zero-order chi connectivity index (χ0) is 9.68. The van der Waals surface area contributed by atoms with Gasteiger partial charge >= 0.3 is 0 Å². The molecule has 1 aromatic heterocycles. The molecule has 1 heterocycles. The highest BCUT2D eigenvalue weighted by atomic mass is 32.1. The minimum absolute atomic E-state index is 0.618. The Labute approximate surface area is 84.0 Å². The molecule has 0 aliphatic rings. The van der Waals surface area contributed by atoms with Crippen LogP contribution in [-0.2, 0) is 0 Å². The topological polar surface area (TPSA) is 23.8 Å². The van der Waals surface area contributed by atoms with Crippen molar-refractivity contribution in [3.63, 3.8) is 0 Å². The molecule has 0 saturated carbocycles. The van der Waals surface area contributed by atoms with Gasteiger partial charge in [-0.05, 0) is 24.5 Å². The summed E-state index contributed by atoms with van der Waals surface area (Å²) in [7, 11) is 0. The van der Waals surface area contributed by atoms with Gasteiger partial charge in [0, 0.05) is 4.88 Å². The van der Waals surface area contributed by atoms with E-state index in [0.29, 0.717) is 5.92 Å². The zero-order valence-corrected chi connectivity index (χ0v) is 9.03. The van der Waals surface area contributed by atoms with Crippen LogP contribution in [0.2, 0.25) is 0 Å². The highest BCUT2D eigenvalue weighted by molar-refractivity contribution is 7.12. The molecule has 1 rings (SSSR count). The van der Waals surface area contributed by atoms with Crippen LogP contribution in [0, 0.1) is 11.3 Å². The summed E-state index contributed by atoms with van der Waals surface area (Å²) in [6, 6.07) is 6.18. The van der Waals surface area contributed by atoms with Crippen molar-refractivity contribution in [2.75, 3.05) is 0 Å². The van der Waals surface area contributed by atoms with Crippen molar-refractivity contribution < 1.29 is 0 Å². The van der Waals surface area contributed by atoms with Crippen LogP contribution in [0.3, 0.4) is 0 Å². The lowest BCUT2D eigenvalue weighted by molar-refractivity contribution is 0.632. The third-order valence-corrected chi connectivity index (χ3v) is 3.43. The van der Waals surface area contributed by atoms with Gasteiger partial charge < -0.3 is 0 Å². The van der Waals surface area contributed by atoms with E-state index in [-0.39, 0.29) is 0 Å². The number of hydrogen-bond acceptors (Lipinski definition) is 2. The second-order valence-electron chi connectivity index (χ2n) is 3.36. The van der Waals surface area contributed by atoms with E-state index < -0.39 is 0 Å². The fraction of sp³-hybridized carbons (Fsp3) is 0.545. The molecule has 0 aliphatic heterocycles. The summed E-state index contributed by atoms with van der Waals surface area (Å²) < 4.78 is 0. The number of rotatable bonds is 4. The van der Waals surface area contributed by atoms with Crippen LogP contribution in [0.25, 0.3) is 0 Å². The van der Waals surface area contributed by atoms with E-state index in [2.05, 4.69) is 26.0 Å². The molecule has 1 atom stereocenters. The number of nitriles is 1. The van der Waals surface area contributed by atoms with Crippen LogP contribution in [0.15, 0.2) is 12.1 Å². The molecule has 1 nitrogen and oxygen atoms in total. The highest BCUT2D eigenvalue weighted by Crippen LogP contribution is 2.27. The third kappa shape index (κ3) is 2.86. The molecule has 0 aromatic carbocycles. The van der Waals surface area contributed by atoms with E-state index in [4.69, 9.17) is 5.26 Å². The zero-order valence-electron chi connectivity index (χ0n) is 8.21. The second-order valence-corrected chi connectivity index (χ2v) is 4.47. The molecule has 0 spiro atoms. The van der Waals surface area contributed by atoms with Gasteiger partial charge in [0.15, 0.2) is 0 Å². The lowest BCUT2D eigenvalue weighted by Crippen LogP contribution is -1.88. The molecule has 1 unspecified atom stereocenters. The van der Waals surface area contributed by atoms with Gasteiger partial charge in [0.05, 0.1) is 0 Å². The molecule has 0 saturated heterocycles. The molecule has 0 aliphatic carbocycles. The fourth-order valence-electron chi connectivity index (χ4n) is 1.33. The summed E-state index contributed by atoms with van der Waals surface area (Å²) in [4.78, 5) is 2.18. The van der Waals surface area contributed by atoms with Gasteiger partial charge in [-0.1, -0.05) is 26.7 Å². The summed E-state index contributed by atoms with van der Waals surface area (Å²) in [5.41, 5.74) is 0. The summed E-state index contributed by atoms with van der Waals surface area (Å²) in [5, 5.41) is 8.67. The quantitative estimate of drug-likeness (QED) is 0.711. The lowest BCUT2D eigenvalue weighted by Gasteiger charge is -2.06. The molecule has 0 N–H and O–H groups in total. The maximum Gasteiger partial charge on any atom is 0.110 e. The maximum absolute atomic E-state index is 8.67. The molecular weight excluding hydrogens is 178 g/mol. The Morgan fingerprint density at radius 3 is 2.85 bits per heavy atom. The van der Waals surface area contributed by atoms with Crippen molar-refractivity contribution in [1.29, 1.82) is 5.26 Å². The molecule has 13 heavy (non-hydrogen) atoms. The van der Waals surface area contributed by atoms with Gasteiger partial charge in [0.1, 0.15) is 10.9 Å². The monoisotopic (exact) mass is 193 g/mol. The van der Waals surface area contributed by atoms with Gasteiger partial charge in [-0.25, -0.2) is 0 Å². The first-order valence-electron chi connectivity index (χ1n) is 4.77. The number of unbranched alkanes of at least 4 members (excludes halogenated alkanes) is 1. The van der Waals surface area contributed by atoms with Crippen molar-refractivity contribution in [3.05, 3.63) is 21.9 Å². The van der Waals surface area contributed by atoms with E-state index >= 15 is 0 Å². The first-order valence-corrected chi connectivity index (χ1v) is 5.59. The molecule has 2 heteroatoms. The van der Waals surface area contributed by atoms with Gasteiger partial charge in [0.25, 0.3) is 0 Å². The Kier molecular flexibility index (Phi) is 3.98. The maximum atomic E-state index is 8.67. The predicted octanol–water partition coefficient (Wildman–Crippen LogP) is 3.91. The number of thiophene rings is 1. The summed E-state index contributed by atoms with van der Waals surface area (Å²) in [6.07, 6.45) is 3.77. The van der Waals surface area contributed by atoms with Crippen molar-refractivity contribution in [3.8, 4) is 6.07 Å². The Hall–Kier alpha value is -0.810. The van der Waals surface area contributed by atoms with Gasteiger partial charge in [0.2, 0.25) is 0 Å². The first-order chi connectivity index (χ1) is 6.27. The molecule has 0 radical (unpaired) electrons. The Bertz CT molecular complexity index is 295. The van der Waals surface area contributed by atoms with Crippen LogP contribution >= 0.6 is 11.3 Å². The highest BCUT2D eigenvalue weighted by Gasteiger charge is 2.07. The Morgan fingerprint density at radius 2 is 2.31 bits per heavy atom. The van der Waals surface area contributed by atoms with Gasteiger partial charge in [-0.2, -0.15) is 5.26 Å². The predicted molar refractivity (Wildman–Crippen MR) is 57.0 cm³/mol. The lowest BCUT2D eigenvalue weighted by atomic mass is 10.0. The average molecular weight is 193 g/mol. The first kappa shape index (κ1) is 10.3. The largest absolute Gasteiger partial charge is 0.192 e. The second kappa shape index (κ2) is 5.04. The SMILES string of the molecule is CCCCC(C)c1ccc(C#N)s1. The van der Waals surface area contributed by atoms with Crippen LogP contribution in [0.4, 0.5) is 0 Å². The van der Waals surface area contributed by atoms with Crippen molar-refractivity contribution in [1.82, 2.24) is 0 Å². The third-order valence-electron chi connectivity index (χ3n) is 2.21. The standard InChI is InChI=1S/C11H15NS/c1-3-4-5-9(2)11-7-6-10(8-12)13-11/h6-7,9H,3-5H2,1-2H3. The average Bonchev–Trinajstić information content (AvgIpc) is 2.62. The number of hydrogen-bond donors (Lipinski definition) is 0. The molecule has 0 amide bonds. The molecule has 1 aromatic rings. The Morgan fingerprint density at radius 1 is 1.54 bits per heavy atom. The van der Waals surface area contributed by atoms with E-state index in [1.54, 1.807) is 11.3 Å². The van der Waals surface area contributed by atoms with E-state index in [0.717, 1.165) is 4.88 Å². The van der Waals surface area contributed by atoms with E-state index in [1.807, 2.05) is 6.07 Å². The van der Waals surface area contributed by atoms with E-state index in [1.165, 1.54) is 24.1 Å². The van der Waals surface area contributed by atoms with Gasteiger partial charge in [-0.15, -0.1) is 11.3 Å². The molecule has 0 bridgehead atoms. The molecule has 70 valence electrons. The van der Waals surface area contributed by atoms with Crippen molar-refractivity contribution in [2.24, 2.45) is 0 Å². The van der Waals surface area contributed by atoms with Gasteiger partial charge in [-0.3, -0.25) is 0 Å². The van der Waals surface area contributed by atoms with Crippen LogP contribution in [0.5, 0.6) is 0 Å². The number of nitrogens with zero attached hydrogens (tertiary/aromatic N) is 1. The summed E-state index contributed by atoms with van der Waals surface area (Å²) in [6.45, 7) is 4.45. The minimum Gasteiger partial charge on any atom is -0.192 e.